The molecular weight excluding hydrogens is 314 g/mol. The molecular formula is C14H20ClNO4S. The minimum Gasteiger partial charge on any atom is -0.461 e. The second-order valence-corrected chi connectivity index (χ2v) is 8.31. The van der Waals surface area contributed by atoms with Crippen molar-refractivity contribution in [3.05, 3.63) is 18.0 Å². The number of carbonyl (C=O) groups is 1. The molecule has 1 saturated carbocycles. The largest absolute Gasteiger partial charge is 0.461 e. The van der Waals surface area contributed by atoms with Gasteiger partial charge in [0.2, 0.25) is 0 Å². The third-order valence-electron chi connectivity index (χ3n) is 3.80. The summed E-state index contributed by atoms with van der Waals surface area (Å²) in [6.07, 6.45) is 5.90. The summed E-state index contributed by atoms with van der Waals surface area (Å²) in [5.74, 6) is -0.0743. The molecule has 1 fully saturated rings. The molecule has 0 unspecified atom stereocenters. The van der Waals surface area contributed by atoms with Crippen molar-refractivity contribution in [3.8, 4) is 0 Å². The zero-order valence-corrected chi connectivity index (χ0v) is 13.8. The van der Waals surface area contributed by atoms with Crippen LogP contribution in [-0.2, 0) is 13.8 Å². The molecule has 0 atom stereocenters. The number of hydrogen-bond donors (Lipinski definition) is 0. The van der Waals surface area contributed by atoms with Gasteiger partial charge in [0.1, 0.15) is 10.6 Å². The van der Waals surface area contributed by atoms with E-state index in [-0.39, 0.29) is 16.6 Å². The van der Waals surface area contributed by atoms with Crippen molar-refractivity contribution in [1.29, 1.82) is 0 Å². The molecule has 21 heavy (non-hydrogen) atoms. The Balaban J connectivity index is 2.16. The summed E-state index contributed by atoms with van der Waals surface area (Å²) >= 11 is 0. The van der Waals surface area contributed by atoms with Gasteiger partial charge in [-0.2, -0.15) is 0 Å². The summed E-state index contributed by atoms with van der Waals surface area (Å²) < 4.78 is 29.7. The number of ether oxygens (including phenoxy) is 1. The van der Waals surface area contributed by atoms with E-state index < -0.39 is 15.0 Å². The second-order valence-electron chi connectivity index (χ2n) is 5.75. The fraction of sp³-hybridized carbons (Fsp3) is 0.643. The van der Waals surface area contributed by atoms with Crippen LogP contribution in [-0.4, -0.2) is 25.6 Å². The summed E-state index contributed by atoms with van der Waals surface area (Å²) in [4.78, 5) is 12.1. The predicted molar refractivity (Wildman–Crippen MR) is 80.1 cm³/mol. The number of carbonyl (C=O) groups excluding carboxylic acids is 1. The molecule has 0 saturated heterocycles. The van der Waals surface area contributed by atoms with Crippen LogP contribution in [0.3, 0.4) is 0 Å². The molecule has 1 aromatic rings. The minimum atomic E-state index is -3.86. The van der Waals surface area contributed by atoms with E-state index in [0.717, 1.165) is 12.8 Å². The fourth-order valence-corrected chi connectivity index (χ4v) is 3.37. The first kappa shape index (κ1) is 16.4. The van der Waals surface area contributed by atoms with E-state index in [4.69, 9.17) is 15.4 Å². The Morgan fingerprint density at radius 3 is 2.57 bits per heavy atom. The molecule has 118 valence electrons. The standard InChI is InChI=1S/C14H20ClNO4S/c1-10(2)16-8-12(21(15,18)19)7-13(16)14(17)20-9-11-5-3-4-6-11/h7-8,10-11H,3-6,9H2,1-2H3. The Morgan fingerprint density at radius 1 is 1.43 bits per heavy atom. The Morgan fingerprint density at radius 2 is 2.05 bits per heavy atom. The number of rotatable bonds is 5. The van der Waals surface area contributed by atoms with Crippen LogP contribution < -0.4 is 0 Å². The lowest BCUT2D eigenvalue weighted by molar-refractivity contribution is 0.0428. The molecule has 0 amide bonds. The van der Waals surface area contributed by atoms with Crippen molar-refractivity contribution in [2.24, 2.45) is 5.92 Å². The molecule has 0 N–H and O–H groups in total. The lowest BCUT2D eigenvalue weighted by Gasteiger charge is -2.14. The Labute approximate surface area is 129 Å². The summed E-state index contributed by atoms with van der Waals surface area (Å²) in [5.41, 5.74) is 0.224. The molecule has 5 nitrogen and oxygen atoms in total. The zero-order valence-electron chi connectivity index (χ0n) is 12.2. The molecule has 1 aromatic heterocycles. The summed E-state index contributed by atoms with van der Waals surface area (Å²) in [6.45, 7) is 4.11. The van der Waals surface area contributed by atoms with Gasteiger partial charge in [-0.05, 0) is 38.7 Å². The molecule has 2 rings (SSSR count). The highest BCUT2D eigenvalue weighted by molar-refractivity contribution is 8.13. The van der Waals surface area contributed by atoms with E-state index in [1.54, 1.807) is 4.57 Å². The molecule has 0 spiro atoms. The first-order chi connectivity index (χ1) is 9.79. The molecule has 0 radical (unpaired) electrons. The number of nitrogens with zero attached hydrogens (tertiary/aromatic N) is 1. The lowest BCUT2D eigenvalue weighted by atomic mass is 10.1. The normalized spacial score (nSPS) is 16.6. The highest BCUT2D eigenvalue weighted by Gasteiger charge is 2.23. The number of hydrogen-bond acceptors (Lipinski definition) is 4. The van der Waals surface area contributed by atoms with Gasteiger partial charge in [-0.1, -0.05) is 12.8 Å². The molecule has 0 aliphatic heterocycles. The molecule has 1 heterocycles. The van der Waals surface area contributed by atoms with Gasteiger partial charge in [0.05, 0.1) is 6.61 Å². The average molecular weight is 334 g/mol. The van der Waals surface area contributed by atoms with Crippen LogP contribution in [0.25, 0.3) is 0 Å². The maximum atomic E-state index is 12.2. The predicted octanol–water partition coefficient (Wildman–Crippen LogP) is 3.34. The highest BCUT2D eigenvalue weighted by Crippen LogP contribution is 2.26. The average Bonchev–Trinajstić information content (AvgIpc) is 3.04. The summed E-state index contributed by atoms with van der Waals surface area (Å²) in [5, 5.41) is 0. The van der Waals surface area contributed by atoms with Crippen molar-refractivity contribution in [1.82, 2.24) is 4.57 Å². The van der Waals surface area contributed by atoms with Crippen molar-refractivity contribution in [3.63, 3.8) is 0 Å². The molecule has 7 heteroatoms. The fourth-order valence-electron chi connectivity index (χ4n) is 2.62. The molecule has 0 aromatic carbocycles. The van der Waals surface area contributed by atoms with Crippen LogP contribution in [0.5, 0.6) is 0 Å². The van der Waals surface area contributed by atoms with Gasteiger partial charge in [-0.3, -0.25) is 0 Å². The van der Waals surface area contributed by atoms with Gasteiger partial charge in [0.15, 0.2) is 0 Å². The molecule has 1 aliphatic rings. The van der Waals surface area contributed by atoms with Crippen LogP contribution in [0.4, 0.5) is 0 Å². The van der Waals surface area contributed by atoms with E-state index in [9.17, 15) is 13.2 Å². The van der Waals surface area contributed by atoms with E-state index in [2.05, 4.69) is 0 Å². The minimum absolute atomic E-state index is 0.0637. The maximum Gasteiger partial charge on any atom is 0.355 e. The van der Waals surface area contributed by atoms with Crippen molar-refractivity contribution < 1.29 is 17.9 Å². The van der Waals surface area contributed by atoms with Gasteiger partial charge in [-0.25, -0.2) is 13.2 Å². The monoisotopic (exact) mass is 333 g/mol. The Hall–Kier alpha value is -1.01. The van der Waals surface area contributed by atoms with Gasteiger partial charge >= 0.3 is 5.97 Å². The van der Waals surface area contributed by atoms with Gasteiger partial charge in [-0.15, -0.1) is 0 Å². The summed E-state index contributed by atoms with van der Waals surface area (Å²) in [6, 6.07) is 1.21. The third-order valence-corrected chi connectivity index (χ3v) is 5.12. The Bertz CT molecular complexity index is 615. The number of aromatic nitrogens is 1. The summed E-state index contributed by atoms with van der Waals surface area (Å²) in [7, 11) is 1.48. The van der Waals surface area contributed by atoms with Crippen molar-refractivity contribution in [2.75, 3.05) is 6.61 Å². The first-order valence-corrected chi connectivity index (χ1v) is 9.43. The van der Waals surface area contributed by atoms with Gasteiger partial charge in [0.25, 0.3) is 9.05 Å². The highest BCUT2D eigenvalue weighted by atomic mass is 35.7. The van der Waals surface area contributed by atoms with Crippen LogP contribution in [0.15, 0.2) is 17.2 Å². The first-order valence-electron chi connectivity index (χ1n) is 7.12. The van der Waals surface area contributed by atoms with Crippen LogP contribution in [0, 0.1) is 5.92 Å². The van der Waals surface area contributed by atoms with Gasteiger partial charge < -0.3 is 9.30 Å². The topological polar surface area (TPSA) is 65.4 Å². The van der Waals surface area contributed by atoms with Gasteiger partial charge in [0, 0.05) is 22.9 Å². The smallest absolute Gasteiger partial charge is 0.355 e. The molecule has 0 bridgehead atoms. The zero-order chi connectivity index (χ0) is 15.6. The van der Waals surface area contributed by atoms with Crippen LogP contribution in [0.1, 0.15) is 56.1 Å². The number of halogens is 1. The SMILES string of the molecule is CC(C)n1cc(S(=O)(=O)Cl)cc1C(=O)OCC1CCCC1. The Kier molecular flexibility index (Phi) is 4.99. The van der Waals surface area contributed by atoms with E-state index in [0.29, 0.717) is 12.5 Å². The van der Waals surface area contributed by atoms with Crippen molar-refractivity contribution >= 4 is 25.7 Å². The molecule has 1 aliphatic carbocycles. The lowest BCUT2D eigenvalue weighted by Crippen LogP contribution is -2.16. The van der Waals surface area contributed by atoms with E-state index in [1.165, 1.54) is 25.1 Å². The quantitative estimate of drug-likeness (QED) is 0.612. The third kappa shape index (κ3) is 4.01. The second kappa shape index (κ2) is 6.40. The van der Waals surface area contributed by atoms with Crippen LogP contribution >= 0.6 is 10.7 Å². The maximum absolute atomic E-state index is 12.2. The van der Waals surface area contributed by atoms with E-state index >= 15 is 0 Å². The van der Waals surface area contributed by atoms with E-state index in [1.807, 2.05) is 13.8 Å². The number of esters is 1. The van der Waals surface area contributed by atoms with Crippen LogP contribution in [0.2, 0.25) is 0 Å². The van der Waals surface area contributed by atoms with Crippen molar-refractivity contribution in [2.45, 2.75) is 50.5 Å².